The van der Waals surface area contributed by atoms with Gasteiger partial charge in [-0.15, -0.1) is 0 Å². The van der Waals surface area contributed by atoms with E-state index in [1.807, 2.05) is 6.07 Å². The maximum Gasteiger partial charge on any atom is 0.119 e. The molecule has 0 heterocycles. The summed E-state index contributed by atoms with van der Waals surface area (Å²) in [4.78, 5) is 0. The Labute approximate surface area is 89.9 Å². The molecular weight excluding hydrogens is 188 g/mol. The van der Waals surface area contributed by atoms with Crippen LogP contribution in [-0.2, 0) is 11.8 Å². The fourth-order valence-electron chi connectivity index (χ4n) is 2.87. The summed E-state index contributed by atoms with van der Waals surface area (Å²) < 4.78 is 5.23. The van der Waals surface area contributed by atoms with Gasteiger partial charge < -0.3 is 9.84 Å². The standard InChI is InChI=1S/C13H16O2/c1-15-10-3-4-11-9(8-10)2-5-12(14)13(11)6-7-13/h3-4,8,12,14H,2,5-7H2,1H3. The second kappa shape index (κ2) is 2.99. The number of hydrogen-bond acceptors (Lipinski definition) is 2. The fraction of sp³-hybridized carbons (Fsp3) is 0.538. The third-order valence-corrected chi connectivity index (χ3v) is 3.96. The molecule has 80 valence electrons. The van der Waals surface area contributed by atoms with Gasteiger partial charge in [-0.25, -0.2) is 0 Å². The van der Waals surface area contributed by atoms with Gasteiger partial charge in [0.05, 0.1) is 13.2 Å². The van der Waals surface area contributed by atoms with Crippen molar-refractivity contribution in [2.75, 3.05) is 7.11 Å². The van der Waals surface area contributed by atoms with Crippen LogP contribution in [0.4, 0.5) is 0 Å². The highest BCUT2D eigenvalue weighted by Gasteiger charge is 2.52. The van der Waals surface area contributed by atoms with Gasteiger partial charge in [0.25, 0.3) is 0 Å². The first kappa shape index (κ1) is 9.22. The number of aliphatic hydroxyl groups is 1. The normalized spacial score (nSPS) is 26.1. The van der Waals surface area contributed by atoms with E-state index in [1.54, 1.807) is 7.11 Å². The van der Waals surface area contributed by atoms with Crippen LogP contribution in [-0.4, -0.2) is 18.3 Å². The van der Waals surface area contributed by atoms with E-state index in [2.05, 4.69) is 12.1 Å². The Balaban J connectivity index is 2.08. The molecule has 1 fully saturated rings. The number of hydrogen-bond donors (Lipinski definition) is 1. The van der Waals surface area contributed by atoms with Crippen molar-refractivity contribution in [1.29, 1.82) is 0 Å². The summed E-state index contributed by atoms with van der Waals surface area (Å²) in [6.45, 7) is 0. The van der Waals surface area contributed by atoms with E-state index in [4.69, 9.17) is 4.74 Å². The minimum absolute atomic E-state index is 0.111. The van der Waals surface area contributed by atoms with Gasteiger partial charge in [0.15, 0.2) is 0 Å². The zero-order valence-corrected chi connectivity index (χ0v) is 8.99. The van der Waals surface area contributed by atoms with Crippen LogP contribution in [0.3, 0.4) is 0 Å². The number of methoxy groups -OCH3 is 1. The molecule has 1 atom stereocenters. The van der Waals surface area contributed by atoms with Gasteiger partial charge in [-0.2, -0.15) is 0 Å². The molecule has 1 N–H and O–H groups in total. The smallest absolute Gasteiger partial charge is 0.119 e. The average molecular weight is 204 g/mol. The van der Waals surface area contributed by atoms with E-state index in [0.29, 0.717) is 0 Å². The largest absolute Gasteiger partial charge is 0.497 e. The van der Waals surface area contributed by atoms with Crippen molar-refractivity contribution in [3.05, 3.63) is 29.3 Å². The summed E-state index contributed by atoms with van der Waals surface area (Å²) in [5.74, 6) is 0.931. The van der Waals surface area contributed by atoms with Crippen molar-refractivity contribution in [1.82, 2.24) is 0 Å². The lowest BCUT2D eigenvalue weighted by Gasteiger charge is -2.30. The molecule has 0 saturated heterocycles. The molecule has 1 spiro atoms. The lowest BCUT2D eigenvalue weighted by atomic mass is 9.78. The number of fused-ring (bicyclic) bond motifs is 2. The molecule has 2 nitrogen and oxygen atoms in total. The van der Waals surface area contributed by atoms with Crippen molar-refractivity contribution in [2.45, 2.75) is 37.2 Å². The highest BCUT2D eigenvalue weighted by molar-refractivity contribution is 5.46. The Morgan fingerprint density at radius 3 is 2.87 bits per heavy atom. The van der Waals surface area contributed by atoms with Gasteiger partial charge in [-0.3, -0.25) is 0 Å². The van der Waals surface area contributed by atoms with E-state index in [0.717, 1.165) is 31.4 Å². The lowest BCUT2D eigenvalue weighted by molar-refractivity contribution is 0.114. The summed E-state index contributed by atoms with van der Waals surface area (Å²) in [6.07, 6.45) is 4.05. The van der Waals surface area contributed by atoms with Gasteiger partial charge in [0, 0.05) is 5.41 Å². The topological polar surface area (TPSA) is 29.5 Å². The van der Waals surface area contributed by atoms with Crippen LogP contribution in [0, 0.1) is 0 Å². The summed E-state index contributed by atoms with van der Waals surface area (Å²) in [5, 5.41) is 10.0. The van der Waals surface area contributed by atoms with Crippen molar-refractivity contribution >= 4 is 0 Å². The van der Waals surface area contributed by atoms with Crippen molar-refractivity contribution < 1.29 is 9.84 Å². The molecule has 2 heteroatoms. The minimum Gasteiger partial charge on any atom is -0.497 e. The molecular formula is C13H16O2. The van der Waals surface area contributed by atoms with Gasteiger partial charge in [-0.05, 0) is 48.9 Å². The van der Waals surface area contributed by atoms with Crippen LogP contribution in [0.1, 0.15) is 30.4 Å². The number of rotatable bonds is 1. The van der Waals surface area contributed by atoms with Crippen molar-refractivity contribution in [2.24, 2.45) is 0 Å². The SMILES string of the molecule is COc1ccc2c(c1)CCC(O)C21CC1. The number of aryl methyl sites for hydroxylation is 1. The van der Waals surface area contributed by atoms with Gasteiger partial charge >= 0.3 is 0 Å². The first-order valence-corrected chi connectivity index (χ1v) is 5.62. The Hall–Kier alpha value is -1.02. The predicted molar refractivity (Wildman–Crippen MR) is 58.2 cm³/mol. The summed E-state index contributed by atoms with van der Waals surface area (Å²) >= 11 is 0. The molecule has 1 saturated carbocycles. The van der Waals surface area contributed by atoms with Crippen LogP contribution in [0.25, 0.3) is 0 Å². The molecule has 1 aromatic carbocycles. The zero-order chi connectivity index (χ0) is 10.5. The Bertz CT molecular complexity index is 394. The van der Waals surface area contributed by atoms with Crippen molar-refractivity contribution in [3.8, 4) is 5.75 Å². The maximum atomic E-state index is 10.0. The quantitative estimate of drug-likeness (QED) is 0.758. The average Bonchev–Trinajstić information content (AvgIpc) is 3.05. The van der Waals surface area contributed by atoms with E-state index < -0.39 is 0 Å². The number of benzene rings is 1. The summed E-state index contributed by atoms with van der Waals surface area (Å²) in [6, 6.07) is 6.28. The molecule has 0 radical (unpaired) electrons. The second-order valence-corrected chi connectivity index (χ2v) is 4.73. The highest BCUT2D eigenvalue weighted by atomic mass is 16.5. The third kappa shape index (κ3) is 1.21. The first-order valence-electron chi connectivity index (χ1n) is 5.62. The predicted octanol–water partition coefficient (Wildman–Crippen LogP) is 2.03. The molecule has 0 amide bonds. The van der Waals surface area contributed by atoms with Crippen LogP contribution in [0.2, 0.25) is 0 Å². The van der Waals surface area contributed by atoms with Crippen LogP contribution in [0.15, 0.2) is 18.2 Å². The minimum atomic E-state index is -0.126. The molecule has 0 bridgehead atoms. The van der Waals surface area contributed by atoms with Crippen molar-refractivity contribution in [3.63, 3.8) is 0 Å². The Morgan fingerprint density at radius 2 is 2.20 bits per heavy atom. The number of ether oxygens (including phenoxy) is 1. The Morgan fingerprint density at radius 1 is 1.40 bits per heavy atom. The molecule has 1 unspecified atom stereocenters. The van der Waals surface area contributed by atoms with Gasteiger partial charge in [-0.1, -0.05) is 6.07 Å². The van der Waals surface area contributed by atoms with E-state index in [-0.39, 0.29) is 11.5 Å². The zero-order valence-electron chi connectivity index (χ0n) is 8.99. The van der Waals surface area contributed by atoms with Crippen LogP contribution in [0.5, 0.6) is 5.75 Å². The molecule has 15 heavy (non-hydrogen) atoms. The molecule has 3 rings (SSSR count). The Kier molecular flexibility index (Phi) is 1.84. The lowest BCUT2D eigenvalue weighted by Crippen LogP contribution is -2.31. The fourth-order valence-corrected chi connectivity index (χ4v) is 2.87. The molecule has 1 aromatic rings. The molecule has 0 aliphatic heterocycles. The summed E-state index contributed by atoms with van der Waals surface area (Å²) in [5.41, 5.74) is 2.85. The van der Waals surface area contributed by atoms with E-state index in [1.165, 1.54) is 11.1 Å². The highest BCUT2D eigenvalue weighted by Crippen LogP contribution is 2.55. The van der Waals surface area contributed by atoms with Gasteiger partial charge in [0.1, 0.15) is 5.75 Å². The van der Waals surface area contributed by atoms with Crippen LogP contribution < -0.4 is 4.74 Å². The third-order valence-electron chi connectivity index (χ3n) is 3.96. The molecule has 2 aliphatic carbocycles. The first-order chi connectivity index (χ1) is 7.26. The maximum absolute atomic E-state index is 10.0. The van der Waals surface area contributed by atoms with Gasteiger partial charge in [0.2, 0.25) is 0 Å². The summed E-state index contributed by atoms with van der Waals surface area (Å²) in [7, 11) is 1.70. The van der Waals surface area contributed by atoms with Crippen LogP contribution >= 0.6 is 0 Å². The van der Waals surface area contributed by atoms with E-state index in [9.17, 15) is 5.11 Å². The molecule has 0 aromatic heterocycles. The number of aliphatic hydroxyl groups excluding tert-OH is 1. The molecule has 2 aliphatic rings. The second-order valence-electron chi connectivity index (χ2n) is 4.73. The van der Waals surface area contributed by atoms with E-state index >= 15 is 0 Å². The monoisotopic (exact) mass is 204 g/mol.